The molecule has 0 fully saturated rings. The summed E-state index contributed by atoms with van der Waals surface area (Å²) >= 11 is 0. The first-order valence-electron chi connectivity index (χ1n) is 6.94. The second kappa shape index (κ2) is 5.61. The van der Waals surface area contributed by atoms with E-state index in [0.717, 1.165) is 11.0 Å². The molecule has 22 heavy (non-hydrogen) atoms. The molecule has 0 bridgehead atoms. The van der Waals surface area contributed by atoms with Gasteiger partial charge in [-0.2, -0.15) is 0 Å². The Balaban J connectivity index is 2.32. The summed E-state index contributed by atoms with van der Waals surface area (Å²) in [5.41, 5.74) is 1.46. The van der Waals surface area contributed by atoms with Crippen molar-refractivity contribution in [2.75, 3.05) is 14.2 Å². The number of amides is 1. The van der Waals surface area contributed by atoms with Gasteiger partial charge in [-0.3, -0.25) is 14.4 Å². The first kappa shape index (κ1) is 14.3. The highest BCUT2D eigenvalue weighted by molar-refractivity contribution is 5.94. The van der Waals surface area contributed by atoms with Crippen LogP contribution < -0.4 is 5.43 Å². The predicted molar refractivity (Wildman–Crippen MR) is 85.5 cm³/mol. The van der Waals surface area contributed by atoms with E-state index >= 15 is 0 Å². The van der Waals surface area contributed by atoms with E-state index in [4.69, 9.17) is 4.84 Å². The van der Waals surface area contributed by atoms with E-state index in [2.05, 4.69) is 0 Å². The summed E-state index contributed by atoms with van der Waals surface area (Å²) in [6.45, 7) is 0.103. The highest BCUT2D eigenvalue weighted by atomic mass is 16.7. The predicted octanol–water partition coefficient (Wildman–Crippen LogP) is 2.17. The molecule has 112 valence electrons. The average Bonchev–Trinajstić information content (AvgIpc) is 2.57. The van der Waals surface area contributed by atoms with Gasteiger partial charge in [-0.05, 0) is 24.3 Å². The van der Waals surface area contributed by atoms with Crippen LogP contribution in [0, 0.1) is 0 Å². The van der Waals surface area contributed by atoms with Crippen LogP contribution in [0.1, 0.15) is 0 Å². The molecule has 5 nitrogen and oxygen atoms in total. The molecule has 0 N–H and O–H groups in total. The van der Waals surface area contributed by atoms with Crippen molar-refractivity contribution in [2.45, 2.75) is 6.54 Å². The number of benzene rings is 2. The van der Waals surface area contributed by atoms with E-state index in [9.17, 15) is 9.59 Å². The van der Waals surface area contributed by atoms with Crippen LogP contribution in [-0.2, 0) is 16.2 Å². The van der Waals surface area contributed by atoms with E-state index in [1.807, 2.05) is 41.0 Å². The van der Waals surface area contributed by atoms with Gasteiger partial charge in [-0.25, -0.2) is 5.06 Å². The topological polar surface area (TPSA) is 51.5 Å². The van der Waals surface area contributed by atoms with Gasteiger partial charge < -0.3 is 4.57 Å². The van der Waals surface area contributed by atoms with Crippen molar-refractivity contribution in [3.63, 3.8) is 0 Å². The number of aromatic nitrogens is 1. The SMILES string of the molecule is CON(C)C(=O)Cn1c2ccccc2c(=O)c2ccccc21. The lowest BCUT2D eigenvalue weighted by Crippen LogP contribution is -2.30. The number of carbonyl (C=O) groups is 1. The van der Waals surface area contributed by atoms with Crippen LogP contribution in [0.3, 0.4) is 0 Å². The van der Waals surface area contributed by atoms with Crippen LogP contribution in [0.5, 0.6) is 0 Å². The molecule has 1 heterocycles. The van der Waals surface area contributed by atoms with Gasteiger partial charge in [0.05, 0.1) is 18.1 Å². The van der Waals surface area contributed by atoms with E-state index in [1.54, 1.807) is 19.2 Å². The van der Waals surface area contributed by atoms with Gasteiger partial charge in [-0.15, -0.1) is 0 Å². The number of rotatable bonds is 3. The van der Waals surface area contributed by atoms with Crippen molar-refractivity contribution in [1.29, 1.82) is 0 Å². The molecule has 0 unspecified atom stereocenters. The lowest BCUT2D eigenvalue weighted by molar-refractivity contribution is -0.169. The van der Waals surface area contributed by atoms with E-state index in [1.165, 1.54) is 12.2 Å². The normalized spacial score (nSPS) is 11.0. The maximum atomic E-state index is 12.6. The van der Waals surface area contributed by atoms with Gasteiger partial charge in [0, 0.05) is 17.8 Å². The molecular formula is C17H16N2O3. The fourth-order valence-electron chi connectivity index (χ4n) is 2.58. The number of likely N-dealkylation sites (N-methyl/N-ethyl adjacent to an activating group) is 1. The summed E-state index contributed by atoms with van der Waals surface area (Å²) in [7, 11) is 3.01. The number of carbonyl (C=O) groups excluding carboxylic acids is 1. The lowest BCUT2D eigenvalue weighted by atomic mass is 10.1. The smallest absolute Gasteiger partial charge is 0.265 e. The molecule has 2 aromatic carbocycles. The Bertz CT molecular complexity index is 855. The maximum absolute atomic E-state index is 12.6. The molecule has 3 aromatic rings. The standard InChI is InChI=1S/C17H16N2O3/c1-18(22-2)16(20)11-19-14-9-5-3-7-12(14)17(21)13-8-4-6-10-15(13)19/h3-10H,11H2,1-2H3. The van der Waals surface area contributed by atoms with Gasteiger partial charge in [0.15, 0.2) is 5.43 Å². The fourth-order valence-corrected chi connectivity index (χ4v) is 2.58. The summed E-state index contributed by atoms with van der Waals surface area (Å²) in [5.74, 6) is -0.193. The summed E-state index contributed by atoms with van der Waals surface area (Å²) in [4.78, 5) is 29.7. The molecule has 0 spiro atoms. The van der Waals surface area contributed by atoms with Crippen molar-refractivity contribution in [1.82, 2.24) is 9.63 Å². The Hall–Kier alpha value is -2.66. The van der Waals surface area contributed by atoms with Gasteiger partial charge >= 0.3 is 0 Å². The average molecular weight is 296 g/mol. The number of fused-ring (bicyclic) bond motifs is 2. The number of hydrogen-bond acceptors (Lipinski definition) is 3. The molecule has 1 amide bonds. The number of hydrogen-bond donors (Lipinski definition) is 0. The zero-order chi connectivity index (χ0) is 15.7. The zero-order valence-corrected chi connectivity index (χ0v) is 12.4. The monoisotopic (exact) mass is 296 g/mol. The van der Waals surface area contributed by atoms with E-state index in [0.29, 0.717) is 10.8 Å². The Morgan fingerprint density at radius 1 is 1.05 bits per heavy atom. The third-order valence-electron chi connectivity index (χ3n) is 3.80. The molecule has 1 aromatic heterocycles. The third-order valence-corrected chi connectivity index (χ3v) is 3.80. The first-order valence-corrected chi connectivity index (χ1v) is 6.94. The summed E-state index contributed by atoms with van der Waals surface area (Å²) in [6.07, 6.45) is 0. The van der Waals surface area contributed by atoms with Crippen LogP contribution >= 0.6 is 0 Å². The highest BCUT2D eigenvalue weighted by Gasteiger charge is 2.14. The Morgan fingerprint density at radius 2 is 1.55 bits per heavy atom. The van der Waals surface area contributed by atoms with E-state index in [-0.39, 0.29) is 17.9 Å². The molecule has 0 aliphatic heterocycles. The van der Waals surface area contributed by atoms with Crippen molar-refractivity contribution in [2.24, 2.45) is 0 Å². The van der Waals surface area contributed by atoms with E-state index < -0.39 is 0 Å². The maximum Gasteiger partial charge on any atom is 0.265 e. The number of para-hydroxylation sites is 2. The van der Waals surface area contributed by atoms with Gasteiger partial charge in [0.1, 0.15) is 6.54 Å². The number of nitrogens with zero attached hydrogens (tertiary/aromatic N) is 2. The minimum absolute atomic E-state index is 0.0185. The Morgan fingerprint density at radius 3 is 2.05 bits per heavy atom. The molecule has 0 aliphatic rings. The molecule has 0 saturated carbocycles. The largest absolute Gasteiger partial charge is 0.331 e. The van der Waals surface area contributed by atoms with Crippen molar-refractivity contribution < 1.29 is 9.63 Å². The third kappa shape index (κ3) is 2.25. The van der Waals surface area contributed by atoms with Crippen LogP contribution in [0.4, 0.5) is 0 Å². The first-order chi connectivity index (χ1) is 10.6. The summed E-state index contributed by atoms with van der Waals surface area (Å²) in [5, 5.41) is 2.39. The minimum atomic E-state index is -0.193. The second-order valence-electron chi connectivity index (χ2n) is 5.02. The molecule has 0 radical (unpaired) electrons. The fraction of sp³-hybridized carbons (Fsp3) is 0.176. The van der Waals surface area contributed by atoms with Crippen LogP contribution in [0.15, 0.2) is 53.3 Å². The second-order valence-corrected chi connectivity index (χ2v) is 5.02. The van der Waals surface area contributed by atoms with Crippen LogP contribution in [0.25, 0.3) is 21.8 Å². The Labute approximate surface area is 127 Å². The number of pyridine rings is 1. The lowest BCUT2D eigenvalue weighted by Gasteiger charge is -2.18. The zero-order valence-electron chi connectivity index (χ0n) is 12.4. The molecule has 5 heteroatoms. The summed E-state index contributed by atoms with van der Waals surface area (Å²) < 4.78 is 1.85. The molecule has 0 saturated heterocycles. The van der Waals surface area contributed by atoms with Gasteiger partial charge in [0.2, 0.25) is 0 Å². The number of hydroxylamine groups is 2. The van der Waals surface area contributed by atoms with Crippen molar-refractivity contribution in [3.8, 4) is 0 Å². The van der Waals surface area contributed by atoms with Crippen LogP contribution in [0.2, 0.25) is 0 Å². The molecular weight excluding hydrogens is 280 g/mol. The summed E-state index contributed by atoms with van der Waals surface area (Å²) in [6, 6.07) is 14.6. The van der Waals surface area contributed by atoms with Gasteiger partial charge in [-0.1, -0.05) is 24.3 Å². The Kier molecular flexibility index (Phi) is 3.65. The van der Waals surface area contributed by atoms with Gasteiger partial charge in [0.25, 0.3) is 5.91 Å². The quantitative estimate of drug-likeness (QED) is 0.550. The molecule has 0 aliphatic carbocycles. The van der Waals surface area contributed by atoms with Crippen molar-refractivity contribution in [3.05, 3.63) is 58.8 Å². The molecule has 3 rings (SSSR count). The molecule has 0 atom stereocenters. The highest BCUT2D eigenvalue weighted by Crippen LogP contribution is 2.19. The van der Waals surface area contributed by atoms with Crippen molar-refractivity contribution >= 4 is 27.7 Å². The minimum Gasteiger partial charge on any atom is -0.331 e. The van der Waals surface area contributed by atoms with Crippen LogP contribution in [-0.4, -0.2) is 29.7 Å².